The number of hydrogen-bond donors (Lipinski definition) is 1. The molecule has 0 aromatic heterocycles. The van der Waals surface area contributed by atoms with Gasteiger partial charge in [-0.3, -0.25) is 9.69 Å². The normalized spacial score (nSPS) is 44.2. The average Bonchev–Trinajstić information content (AvgIpc) is 2.63. The van der Waals surface area contributed by atoms with Gasteiger partial charge in [-0.15, -0.1) is 0 Å². The van der Waals surface area contributed by atoms with Crippen molar-refractivity contribution in [1.29, 1.82) is 0 Å². The van der Waals surface area contributed by atoms with E-state index in [1.54, 1.807) is 0 Å². The summed E-state index contributed by atoms with van der Waals surface area (Å²) in [5.74, 6) is -0.637. The zero-order valence-corrected chi connectivity index (χ0v) is 5.79. The van der Waals surface area contributed by atoms with E-state index >= 15 is 0 Å². The lowest BCUT2D eigenvalue weighted by Crippen LogP contribution is -2.32. The van der Waals surface area contributed by atoms with E-state index in [0.717, 1.165) is 19.4 Å². The number of rotatable bonds is 1. The monoisotopic (exact) mass is 141 g/mol. The molecule has 0 saturated carbocycles. The maximum absolute atomic E-state index is 10.5. The van der Waals surface area contributed by atoms with Crippen LogP contribution in [-0.4, -0.2) is 34.6 Å². The van der Waals surface area contributed by atoms with Gasteiger partial charge in [0.05, 0.1) is 0 Å². The molecule has 0 aromatic rings. The fourth-order valence-corrected chi connectivity index (χ4v) is 1.81. The Bertz CT molecular complexity index is 169. The predicted molar refractivity (Wildman–Crippen MR) is 35.8 cm³/mol. The highest BCUT2D eigenvalue weighted by Gasteiger charge is 2.45. The minimum atomic E-state index is -0.637. The molecule has 1 N–H and O–H groups in total. The van der Waals surface area contributed by atoms with Crippen LogP contribution < -0.4 is 0 Å². The third-order valence-corrected chi connectivity index (χ3v) is 2.46. The van der Waals surface area contributed by atoms with Gasteiger partial charge in [-0.25, -0.2) is 0 Å². The zero-order valence-electron chi connectivity index (χ0n) is 5.79. The molecule has 2 fully saturated rings. The minimum Gasteiger partial charge on any atom is -0.480 e. The molecule has 2 saturated heterocycles. The quantitative estimate of drug-likeness (QED) is 0.534. The van der Waals surface area contributed by atoms with Gasteiger partial charge in [-0.05, 0) is 19.3 Å². The van der Waals surface area contributed by atoms with Crippen molar-refractivity contribution < 1.29 is 9.90 Å². The molecule has 3 heteroatoms. The molecule has 0 spiro atoms. The fraction of sp³-hybridized carbons (Fsp3) is 0.857. The third-order valence-electron chi connectivity index (χ3n) is 2.46. The predicted octanol–water partition coefficient (Wildman–Crippen LogP) is 0.308. The third kappa shape index (κ3) is 0.814. The summed E-state index contributed by atoms with van der Waals surface area (Å²) in [5.41, 5.74) is 0. The van der Waals surface area contributed by atoms with Gasteiger partial charge in [0, 0.05) is 12.6 Å². The summed E-state index contributed by atoms with van der Waals surface area (Å²) in [6, 6.07) is 0.466. The van der Waals surface area contributed by atoms with Crippen LogP contribution in [0.25, 0.3) is 0 Å². The highest BCUT2D eigenvalue weighted by atomic mass is 16.4. The highest BCUT2D eigenvalue weighted by molar-refractivity contribution is 5.74. The summed E-state index contributed by atoms with van der Waals surface area (Å²) in [4.78, 5) is 12.6. The Hall–Kier alpha value is -0.570. The first-order valence-corrected chi connectivity index (χ1v) is 3.77. The van der Waals surface area contributed by atoms with Crippen molar-refractivity contribution in [3.05, 3.63) is 0 Å². The molecule has 0 aromatic carbocycles. The second-order valence-corrected chi connectivity index (χ2v) is 3.14. The van der Waals surface area contributed by atoms with E-state index in [1.807, 2.05) is 0 Å². The van der Waals surface area contributed by atoms with E-state index in [2.05, 4.69) is 4.90 Å². The van der Waals surface area contributed by atoms with Gasteiger partial charge in [0.25, 0.3) is 0 Å². The molecule has 10 heavy (non-hydrogen) atoms. The van der Waals surface area contributed by atoms with E-state index in [9.17, 15) is 4.79 Å². The minimum absolute atomic E-state index is 0.154. The number of carbonyl (C=O) groups is 1. The molecule has 0 radical (unpaired) electrons. The largest absolute Gasteiger partial charge is 0.480 e. The Morgan fingerprint density at radius 1 is 1.50 bits per heavy atom. The van der Waals surface area contributed by atoms with Crippen molar-refractivity contribution in [1.82, 2.24) is 4.90 Å². The topological polar surface area (TPSA) is 40.3 Å². The number of carboxylic acid groups (broad SMARTS) is 1. The van der Waals surface area contributed by atoms with Crippen molar-refractivity contribution >= 4 is 5.97 Å². The molecule has 3 atom stereocenters. The van der Waals surface area contributed by atoms with Crippen LogP contribution in [0.15, 0.2) is 0 Å². The van der Waals surface area contributed by atoms with Crippen LogP contribution in [-0.2, 0) is 4.79 Å². The Labute approximate surface area is 59.6 Å². The number of fused-ring (bicyclic) bond motifs is 1. The van der Waals surface area contributed by atoms with Crippen LogP contribution >= 0.6 is 0 Å². The Balaban J connectivity index is 2.02. The molecule has 2 aliphatic rings. The van der Waals surface area contributed by atoms with E-state index < -0.39 is 5.97 Å². The van der Waals surface area contributed by atoms with Crippen LogP contribution in [0.5, 0.6) is 0 Å². The Kier molecular flexibility index (Phi) is 1.20. The van der Waals surface area contributed by atoms with E-state index in [4.69, 9.17) is 5.11 Å². The summed E-state index contributed by atoms with van der Waals surface area (Å²) < 4.78 is 0. The second kappa shape index (κ2) is 1.95. The van der Waals surface area contributed by atoms with Crippen LogP contribution in [0.4, 0.5) is 0 Å². The van der Waals surface area contributed by atoms with Crippen molar-refractivity contribution in [3.8, 4) is 0 Å². The lowest BCUT2D eigenvalue weighted by Gasteiger charge is -2.18. The first-order valence-electron chi connectivity index (χ1n) is 3.77. The van der Waals surface area contributed by atoms with E-state index in [-0.39, 0.29) is 6.04 Å². The number of piperidine rings is 1. The second-order valence-electron chi connectivity index (χ2n) is 3.14. The fourth-order valence-electron chi connectivity index (χ4n) is 1.81. The SMILES string of the molecule is O=C(O)C1CCCC2CN21. The molecule has 0 aliphatic carbocycles. The lowest BCUT2D eigenvalue weighted by molar-refractivity contribution is -0.142. The Morgan fingerprint density at radius 3 is 2.90 bits per heavy atom. The number of carboxylic acids is 1. The van der Waals surface area contributed by atoms with Gasteiger partial charge in [-0.1, -0.05) is 0 Å². The standard InChI is InChI=1S/C7H11NO2/c9-7(10)6-3-1-2-5-4-8(5)6/h5-6H,1-4H2,(H,9,10). The summed E-state index contributed by atoms with van der Waals surface area (Å²) in [7, 11) is 0. The molecular weight excluding hydrogens is 130 g/mol. The molecule has 3 nitrogen and oxygen atoms in total. The van der Waals surface area contributed by atoms with Crippen molar-refractivity contribution in [2.24, 2.45) is 0 Å². The first kappa shape index (κ1) is 6.16. The molecule has 0 amide bonds. The molecule has 2 rings (SSSR count). The summed E-state index contributed by atoms with van der Waals surface area (Å²) in [5, 5.41) is 8.69. The molecular formula is C7H11NO2. The summed E-state index contributed by atoms with van der Waals surface area (Å²) in [6.45, 7) is 1.02. The summed E-state index contributed by atoms with van der Waals surface area (Å²) in [6.07, 6.45) is 3.16. The van der Waals surface area contributed by atoms with Gasteiger partial charge in [0.1, 0.15) is 6.04 Å². The highest BCUT2D eigenvalue weighted by Crippen LogP contribution is 2.33. The molecule has 2 heterocycles. The number of aliphatic carboxylic acids is 1. The maximum atomic E-state index is 10.5. The van der Waals surface area contributed by atoms with Gasteiger partial charge in [0.15, 0.2) is 0 Å². The number of nitrogens with zero attached hydrogens (tertiary/aromatic N) is 1. The summed E-state index contributed by atoms with van der Waals surface area (Å²) >= 11 is 0. The molecule has 2 aliphatic heterocycles. The lowest BCUT2D eigenvalue weighted by atomic mass is 10.1. The van der Waals surface area contributed by atoms with Crippen molar-refractivity contribution in [3.63, 3.8) is 0 Å². The van der Waals surface area contributed by atoms with Crippen LogP contribution in [0.3, 0.4) is 0 Å². The number of hydrogen-bond acceptors (Lipinski definition) is 2. The van der Waals surface area contributed by atoms with Crippen molar-refractivity contribution in [2.45, 2.75) is 31.3 Å². The zero-order chi connectivity index (χ0) is 7.14. The molecule has 56 valence electrons. The van der Waals surface area contributed by atoms with Crippen LogP contribution in [0.2, 0.25) is 0 Å². The smallest absolute Gasteiger partial charge is 0.320 e. The van der Waals surface area contributed by atoms with Gasteiger partial charge in [0.2, 0.25) is 0 Å². The average molecular weight is 141 g/mol. The van der Waals surface area contributed by atoms with Gasteiger partial charge < -0.3 is 5.11 Å². The maximum Gasteiger partial charge on any atom is 0.320 e. The van der Waals surface area contributed by atoms with Gasteiger partial charge in [-0.2, -0.15) is 0 Å². The van der Waals surface area contributed by atoms with Gasteiger partial charge >= 0.3 is 5.97 Å². The first-order chi connectivity index (χ1) is 4.79. The Morgan fingerprint density at radius 2 is 2.30 bits per heavy atom. The van der Waals surface area contributed by atoms with Crippen molar-refractivity contribution in [2.75, 3.05) is 6.54 Å². The molecule has 3 unspecified atom stereocenters. The molecule has 0 bridgehead atoms. The van der Waals surface area contributed by atoms with E-state index in [1.165, 1.54) is 6.42 Å². The van der Waals surface area contributed by atoms with Crippen LogP contribution in [0.1, 0.15) is 19.3 Å². The van der Waals surface area contributed by atoms with E-state index in [0.29, 0.717) is 6.04 Å². The van der Waals surface area contributed by atoms with Crippen LogP contribution in [0, 0.1) is 0 Å².